The van der Waals surface area contributed by atoms with Crippen LogP contribution in [0, 0.1) is 0 Å². The van der Waals surface area contributed by atoms with Gasteiger partial charge in [0.2, 0.25) is 21.8 Å². The Morgan fingerprint density at radius 3 is 2.14 bits per heavy atom. The predicted octanol–water partition coefficient (Wildman–Crippen LogP) is 5.93. The molecule has 2 aromatic carbocycles. The van der Waals surface area contributed by atoms with Crippen molar-refractivity contribution in [2.24, 2.45) is 0 Å². The Morgan fingerprint density at radius 1 is 1.00 bits per heavy atom. The maximum absolute atomic E-state index is 13.8. The van der Waals surface area contributed by atoms with Crippen LogP contribution in [0.15, 0.2) is 36.4 Å². The summed E-state index contributed by atoms with van der Waals surface area (Å²) in [5.41, 5.74) is 0.678. The molecule has 0 aromatic heterocycles. The number of sulfonamides is 1. The van der Waals surface area contributed by atoms with Gasteiger partial charge in [0.05, 0.1) is 17.0 Å². The fraction of sp³-hybridized carbons (Fsp3) is 0.440. The summed E-state index contributed by atoms with van der Waals surface area (Å²) in [4.78, 5) is 28.5. The Labute approximate surface area is 238 Å². The van der Waals surface area contributed by atoms with E-state index in [0.29, 0.717) is 27.1 Å². The van der Waals surface area contributed by atoms with Crippen LogP contribution < -0.4 is 9.62 Å². The first-order valence-corrected chi connectivity index (χ1v) is 15.2. The van der Waals surface area contributed by atoms with Crippen LogP contribution in [0.5, 0.6) is 0 Å². The van der Waals surface area contributed by atoms with Gasteiger partial charge in [-0.3, -0.25) is 13.9 Å². The molecule has 0 heterocycles. The van der Waals surface area contributed by atoms with Crippen LogP contribution >= 0.6 is 46.4 Å². The summed E-state index contributed by atoms with van der Waals surface area (Å²) in [5.74, 6) is -0.876. The Morgan fingerprint density at radius 2 is 1.59 bits per heavy atom. The number of nitrogens with one attached hydrogen (secondary N) is 1. The third-order valence-electron chi connectivity index (χ3n) is 6.30. The van der Waals surface area contributed by atoms with Crippen molar-refractivity contribution in [1.82, 2.24) is 10.2 Å². The Balaban J connectivity index is 1.97. The highest BCUT2D eigenvalue weighted by Gasteiger charge is 2.33. The first-order chi connectivity index (χ1) is 17.4. The molecule has 0 saturated heterocycles. The topological polar surface area (TPSA) is 86.8 Å². The van der Waals surface area contributed by atoms with Crippen molar-refractivity contribution in [3.63, 3.8) is 0 Å². The van der Waals surface area contributed by atoms with Gasteiger partial charge in [0, 0.05) is 27.7 Å². The second kappa shape index (κ2) is 12.9. The summed E-state index contributed by atoms with van der Waals surface area (Å²) in [7, 11) is -3.93. The normalized spacial score (nSPS) is 14.9. The highest BCUT2D eigenvalue weighted by atomic mass is 35.5. The van der Waals surface area contributed by atoms with E-state index < -0.39 is 28.5 Å². The van der Waals surface area contributed by atoms with E-state index in [1.165, 1.54) is 23.1 Å². The molecular weight excluding hydrogens is 580 g/mol. The molecule has 1 saturated carbocycles. The molecular formula is C25H29Cl4N3O4S. The predicted molar refractivity (Wildman–Crippen MR) is 150 cm³/mol. The van der Waals surface area contributed by atoms with Crippen molar-refractivity contribution in [2.45, 2.75) is 57.7 Å². The first kappa shape index (κ1) is 29.8. The lowest BCUT2D eigenvalue weighted by molar-refractivity contribution is -0.140. The van der Waals surface area contributed by atoms with Gasteiger partial charge in [-0.2, -0.15) is 0 Å². The van der Waals surface area contributed by atoms with E-state index in [9.17, 15) is 18.0 Å². The lowest BCUT2D eigenvalue weighted by atomic mass is 10.1. The van der Waals surface area contributed by atoms with E-state index >= 15 is 0 Å². The number of carbonyl (C=O) groups is 2. The maximum atomic E-state index is 13.8. The molecule has 1 aliphatic carbocycles. The average Bonchev–Trinajstić information content (AvgIpc) is 3.31. The fourth-order valence-electron chi connectivity index (χ4n) is 4.40. The highest BCUT2D eigenvalue weighted by molar-refractivity contribution is 7.92. The largest absolute Gasteiger partial charge is 0.352 e. The summed E-state index contributed by atoms with van der Waals surface area (Å²) in [6.07, 6.45) is 5.14. The summed E-state index contributed by atoms with van der Waals surface area (Å²) in [6, 6.07) is 8.40. The maximum Gasteiger partial charge on any atom is 0.244 e. The quantitative estimate of drug-likeness (QED) is 0.362. The van der Waals surface area contributed by atoms with Gasteiger partial charge in [-0.15, -0.1) is 0 Å². The third-order valence-corrected chi connectivity index (χ3v) is 8.55. The second-order valence-electron chi connectivity index (χ2n) is 9.04. The van der Waals surface area contributed by atoms with Crippen molar-refractivity contribution in [3.05, 3.63) is 62.1 Å². The minimum atomic E-state index is -3.93. The number of nitrogens with zero attached hydrogens (tertiary/aromatic N) is 2. The molecule has 2 aromatic rings. The number of benzene rings is 2. The van der Waals surface area contributed by atoms with Crippen LogP contribution in [0.25, 0.3) is 0 Å². The van der Waals surface area contributed by atoms with Crippen molar-refractivity contribution in [3.8, 4) is 0 Å². The molecule has 3 rings (SSSR count). The third kappa shape index (κ3) is 7.90. The standard InChI is InChI=1S/C25H29Cl4N3O4S/c1-3-22(25(34)30-19-6-4-5-7-19)31(14-16-8-9-17(26)12-20(16)28)24(33)15-32(37(2,35)36)23-11-10-18(27)13-21(23)29/h8-13,19,22H,3-7,14-15H2,1-2H3,(H,30,34). The van der Waals surface area contributed by atoms with Crippen LogP contribution in [0.3, 0.4) is 0 Å². The Kier molecular flexibility index (Phi) is 10.4. The number of carbonyl (C=O) groups excluding carboxylic acids is 2. The van der Waals surface area contributed by atoms with E-state index in [-0.39, 0.29) is 29.2 Å². The van der Waals surface area contributed by atoms with Crippen LogP contribution in [-0.4, -0.2) is 50.0 Å². The van der Waals surface area contributed by atoms with E-state index in [1.54, 1.807) is 25.1 Å². The zero-order chi connectivity index (χ0) is 27.3. The van der Waals surface area contributed by atoms with Gasteiger partial charge in [-0.05, 0) is 55.2 Å². The zero-order valence-corrected chi connectivity index (χ0v) is 24.4. The van der Waals surface area contributed by atoms with Crippen LogP contribution in [-0.2, 0) is 26.2 Å². The van der Waals surface area contributed by atoms with Crippen LogP contribution in [0.4, 0.5) is 5.69 Å². The molecule has 1 unspecified atom stereocenters. The SMILES string of the molecule is CCC(C(=O)NC1CCCC1)N(Cc1ccc(Cl)cc1Cl)C(=O)CN(c1ccc(Cl)cc1Cl)S(C)(=O)=O. The molecule has 1 aliphatic rings. The summed E-state index contributed by atoms with van der Waals surface area (Å²) in [5, 5.41) is 4.20. The van der Waals surface area contributed by atoms with Gasteiger partial charge in [-0.25, -0.2) is 8.42 Å². The molecule has 7 nitrogen and oxygen atoms in total. The first-order valence-electron chi connectivity index (χ1n) is 11.9. The van der Waals surface area contributed by atoms with Crippen LogP contribution in [0.2, 0.25) is 20.1 Å². The number of rotatable bonds is 10. The smallest absolute Gasteiger partial charge is 0.244 e. The number of halogens is 4. The molecule has 1 atom stereocenters. The number of amides is 2. The Hall–Kier alpha value is -1.71. The fourth-order valence-corrected chi connectivity index (χ4v) is 6.29. The van der Waals surface area contributed by atoms with Crippen molar-refractivity contribution in [1.29, 1.82) is 0 Å². The molecule has 0 bridgehead atoms. The molecule has 0 radical (unpaired) electrons. The zero-order valence-electron chi connectivity index (χ0n) is 20.5. The lowest BCUT2D eigenvalue weighted by Crippen LogP contribution is -2.53. The Bertz CT molecular complexity index is 1250. The van der Waals surface area contributed by atoms with E-state index in [0.717, 1.165) is 36.2 Å². The number of anilines is 1. The van der Waals surface area contributed by atoms with E-state index in [2.05, 4.69) is 5.32 Å². The highest BCUT2D eigenvalue weighted by Crippen LogP contribution is 2.31. The van der Waals surface area contributed by atoms with Crippen molar-refractivity contribution >= 4 is 73.9 Å². The van der Waals surface area contributed by atoms with Gasteiger partial charge >= 0.3 is 0 Å². The molecule has 0 aliphatic heterocycles. The minimum absolute atomic E-state index is 0.0165. The van der Waals surface area contributed by atoms with Crippen LogP contribution in [0.1, 0.15) is 44.6 Å². The average molecular weight is 609 g/mol. The molecule has 12 heteroatoms. The van der Waals surface area contributed by atoms with E-state index in [1.807, 2.05) is 0 Å². The van der Waals surface area contributed by atoms with Gasteiger partial charge in [0.25, 0.3) is 0 Å². The second-order valence-corrected chi connectivity index (χ2v) is 12.6. The van der Waals surface area contributed by atoms with Gasteiger partial charge in [0.1, 0.15) is 12.6 Å². The molecule has 1 fully saturated rings. The van der Waals surface area contributed by atoms with Gasteiger partial charge in [0.15, 0.2) is 0 Å². The summed E-state index contributed by atoms with van der Waals surface area (Å²) < 4.78 is 26.4. The molecule has 1 N–H and O–H groups in total. The number of hydrogen-bond acceptors (Lipinski definition) is 4. The van der Waals surface area contributed by atoms with Crippen molar-refractivity contribution < 1.29 is 18.0 Å². The molecule has 37 heavy (non-hydrogen) atoms. The van der Waals surface area contributed by atoms with Gasteiger partial charge < -0.3 is 10.2 Å². The minimum Gasteiger partial charge on any atom is -0.352 e. The number of hydrogen-bond donors (Lipinski definition) is 1. The summed E-state index contributed by atoms with van der Waals surface area (Å²) in [6.45, 7) is 1.21. The van der Waals surface area contributed by atoms with E-state index in [4.69, 9.17) is 46.4 Å². The lowest BCUT2D eigenvalue weighted by Gasteiger charge is -2.33. The summed E-state index contributed by atoms with van der Waals surface area (Å²) >= 11 is 24.7. The molecule has 0 spiro atoms. The monoisotopic (exact) mass is 607 g/mol. The van der Waals surface area contributed by atoms with Crippen molar-refractivity contribution in [2.75, 3.05) is 17.1 Å². The van der Waals surface area contributed by atoms with Gasteiger partial charge in [-0.1, -0.05) is 72.2 Å². The molecule has 2 amide bonds. The molecule has 202 valence electrons.